The third-order valence-electron chi connectivity index (χ3n) is 3.84. The molecule has 2 rings (SSSR count). The molecule has 0 atom stereocenters. The molecule has 1 saturated carbocycles. The Morgan fingerprint density at radius 3 is 2.60 bits per heavy atom. The molecule has 0 aromatic heterocycles. The van der Waals surface area contributed by atoms with E-state index in [1.807, 2.05) is 0 Å². The summed E-state index contributed by atoms with van der Waals surface area (Å²) in [4.78, 5) is 0.279. The number of nitrogens with two attached hydrogens (primary N) is 1. The summed E-state index contributed by atoms with van der Waals surface area (Å²) in [6.45, 7) is 0.909. The third kappa shape index (κ3) is 4.04. The molecule has 1 aliphatic rings. The van der Waals surface area contributed by atoms with Gasteiger partial charge in [-0.1, -0.05) is 31.7 Å². The van der Waals surface area contributed by atoms with Crippen molar-refractivity contribution in [3.8, 4) is 0 Å². The molecule has 0 heterocycles. The largest absolute Gasteiger partial charge is 0.326 e. The summed E-state index contributed by atoms with van der Waals surface area (Å²) in [5.74, 6) is 0.681. The van der Waals surface area contributed by atoms with Crippen LogP contribution in [0.2, 0.25) is 0 Å². The summed E-state index contributed by atoms with van der Waals surface area (Å²) in [7, 11) is -3.45. The Kier molecular flexibility index (Phi) is 5.60. The lowest BCUT2D eigenvalue weighted by molar-refractivity contribution is 0.495. The summed E-state index contributed by atoms with van der Waals surface area (Å²) in [5.41, 5.74) is 6.45. The molecular weight excluding hydrogens is 340 g/mol. The van der Waals surface area contributed by atoms with Gasteiger partial charge in [-0.05, 0) is 46.0 Å². The van der Waals surface area contributed by atoms with Gasteiger partial charge in [0.05, 0.1) is 4.90 Å². The van der Waals surface area contributed by atoms with Crippen LogP contribution in [0.3, 0.4) is 0 Å². The Hall–Kier alpha value is -0.430. The zero-order valence-electron chi connectivity index (χ0n) is 11.4. The minimum absolute atomic E-state index is 0.279. The minimum Gasteiger partial charge on any atom is -0.326 e. The minimum atomic E-state index is -3.45. The Bertz CT molecular complexity index is 554. The smallest absolute Gasteiger partial charge is 0.241 e. The molecule has 1 aromatic rings. The molecule has 1 fully saturated rings. The normalized spacial score (nSPS) is 16.7. The van der Waals surface area contributed by atoms with E-state index in [9.17, 15) is 8.42 Å². The molecule has 1 aliphatic carbocycles. The van der Waals surface area contributed by atoms with Gasteiger partial charge >= 0.3 is 0 Å². The van der Waals surface area contributed by atoms with Gasteiger partial charge in [-0.15, -0.1) is 0 Å². The molecule has 3 N–H and O–H groups in total. The number of hydrogen-bond donors (Lipinski definition) is 2. The molecular formula is C14H21BrN2O2S. The number of rotatable bonds is 6. The van der Waals surface area contributed by atoms with E-state index in [2.05, 4.69) is 20.7 Å². The van der Waals surface area contributed by atoms with Crippen molar-refractivity contribution < 1.29 is 8.42 Å². The van der Waals surface area contributed by atoms with Crippen molar-refractivity contribution in [1.82, 2.24) is 4.72 Å². The molecule has 0 bridgehead atoms. The Morgan fingerprint density at radius 1 is 1.30 bits per heavy atom. The number of halogens is 1. The molecule has 0 aliphatic heterocycles. The van der Waals surface area contributed by atoms with Crippen molar-refractivity contribution in [2.24, 2.45) is 11.7 Å². The number of nitrogens with one attached hydrogen (secondary N) is 1. The fourth-order valence-electron chi connectivity index (χ4n) is 2.66. The number of sulfonamides is 1. The monoisotopic (exact) mass is 360 g/mol. The van der Waals surface area contributed by atoms with E-state index >= 15 is 0 Å². The molecule has 1 aromatic carbocycles. The summed E-state index contributed by atoms with van der Waals surface area (Å²) < 4.78 is 27.8. The van der Waals surface area contributed by atoms with Gasteiger partial charge in [0.15, 0.2) is 0 Å². The lowest BCUT2D eigenvalue weighted by Crippen LogP contribution is -2.26. The van der Waals surface area contributed by atoms with Crippen LogP contribution in [0.1, 0.15) is 37.7 Å². The first kappa shape index (κ1) is 15.9. The molecule has 0 saturated heterocycles. The highest BCUT2D eigenvalue weighted by Crippen LogP contribution is 2.27. The topological polar surface area (TPSA) is 72.2 Å². The van der Waals surface area contributed by atoms with Gasteiger partial charge in [-0.2, -0.15) is 0 Å². The van der Waals surface area contributed by atoms with E-state index in [1.54, 1.807) is 18.2 Å². The van der Waals surface area contributed by atoms with Crippen molar-refractivity contribution in [3.05, 3.63) is 28.2 Å². The molecule has 0 radical (unpaired) electrons. The highest BCUT2D eigenvalue weighted by Gasteiger charge is 2.19. The van der Waals surface area contributed by atoms with Crippen LogP contribution in [0, 0.1) is 5.92 Å². The van der Waals surface area contributed by atoms with Crippen LogP contribution in [-0.2, 0) is 16.6 Å². The van der Waals surface area contributed by atoms with Crippen molar-refractivity contribution in [3.63, 3.8) is 0 Å². The fraction of sp³-hybridized carbons (Fsp3) is 0.571. The highest BCUT2D eigenvalue weighted by atomic mass is 79.9. The van der Waals surface area contributed by atoms with Crippen LogP contribution in [-0.4, -0.2) is 15.0 Å². The van der Waals surface area contributed by atoms with Gasteiger partial charge in [-0.3, -0.25) is 0 Å². The fourth-order valence-corrected chi connectivity index (χ4v) is 4.83. The van der Waals surface area contributed by atoms with E-state index < -0.39 is 10.0 Å². The maximum atomic E-state index is 12.3. The average molecular weight is 361 g/mol. The molecule has 112 valence electrons. The second-order valence-corrected chi connectivity index (χ2v) is 7.90. The van der Waals surface area contributed by atoms with Crippen molar-refractivity contribution >= 4 is 26.0 Å². The van der Waals surface area contributed by atoms with E-state index in [0.717, 1.165) is 12.0 Å². The van der Waals surface area contributed by atoms with Crippen LogP contribution in [0.5, 0.6) is 0 Å². The molecule has 0 spiro atoms. The summed E-state index contributed by atoms with van der Waals surface area (Å²) >= 11 is 3.31. The van der Waals surface area contributed by atoms with Gasteiger partial charge in [0.2, 0.25) is 10.0 Å². The summed E-state index contributed by atoms with van der Waals surface area (Å²) in [6.07, 6.45) is 5.96. The zero-order valence-corrected chi connectivity index (χ0v) is 13.8. The van der Waals surface area contributed by atoms with Crippen molar-refractivity contribution in [2.45, 2.75) is 43.5 Å². The molecule has 0 amide bonds. The van der Waals surface area contributed by atoms with E-state index in [0.29, 0.717) is 23.5 Å². The second-order valence-electron chi connectivity index (χ2n) is 5.31. The van der Waals surface area contributed by atoms with Crippen LogP contribution in [0.4, 0.5) is 0 Å². The van der Waals surface area contributed by atoms with Crippen molar-refractivity contribution in [1.29, 1.82) is 0 Å². The van der Waals surface area contributed by atoms with Crippen LogP contribution < -0.4 is 10.5 Å². The molecule has 6 heteroatoms. The molecule has 4 nitrogen and oxygen atoms in total. The number of hydrogen-bond acceptors (Lipinski definition) is 3. The van der Waals surface area contributed by atoms with E-state index in [-0.39, 0.29) is 4.90 Å². The van der Waals surface area contributed by atoms with Crippen LogP contribution in [0.25, 0.3) is 0 Å². The summed E-state index contributed by atoms with van der Waals surface area (Å²) in [5, 5.41) is 0. The first-order valence-corrected chi connectivity index (χ1v) is 9.28. The first-order valence-electron chi connectivity index (χ1n) is 7.01. The zero-order chi connectivity index (χ0) is 14.6. The van der Waals surface area contributed by atoms with Gasteiger partial charge in [0.25, 0.3) is 0 Å². The number of benzene rings is 1. The quantitative estimate of drug-likeness (QED) is 0.818. The maximum Gasteiger partial charge on any atom is 0.241 e. The van der Waals surface area contributed by atoms with Gasteiger partial charge in [-0.25, -0.2) is 13.1 Å². The molecule has 0 unspecified atom stereocenters. The lowest BCUT2D eigenvalue weighted by atomic mass is 10.1. The van der Waals surface area contributed by atoms with E-state index in [1.165, 1.54) is 25.7 Å². The Morgan fingerprint density at radius 2 is 2.00 bits per heavy atom. The predicted molar refractivity (Wildman–Crippen MR) is 83.8 cm³/mol. The Balaban J connectivity index is 1.98. The first-order chi connectivity index (χ1) is 9.53. The molecule has 20 heavy (non-hydrogen) atoms. The van der Waals surface area contributed by atoms with Gasteiger partial charge in [0, 0.05) is 17.6 Å². The maximum absolute atomic E-state index is 12.3. The SMILES string of the molecule is NCc1ccc(S(=O)(=O)NCCC2CCCC2)c(Br)c1. The van der Waals surface area contributed by atoms with Crippen LogP contribution >= 0.6 is 15.9 Å². The average Bonchev–Trinajstić information content (AvgIpc) is 2.91. The predicted octanol–water partition coefficient (Wildman–Crippen LogP) is 2.77. The van der Waals surface area contributed by atoms with Crippen molar-refractivity contribution in [2.75, 3.05) is 6.54 Å². The highest BCUT2D eigenvalue weighted by molar-refractivity contribution is 9.10. The van der Waals surface area contributed by atoms with Gasteiger partial charge in [0.1, 0.15) is 0 Å². The third-order valence-corrected chi connectivity index (χ3v) is 6.28. The van der Waals surface area contributed by atoms with E-state index in [4.69, 9.17) is 5.73 Å². The Labute approximate surface area is 129 Å². The lowest BCUT2D eigenvalue weighted by Gasteiger charge is -2.12. The standard InChI is InChI=1S/C14H21BrN2O2S/c15-13-9-12(10-16)5-6-14(13)20(18,19)17-8-7-11-3-1-2-4-11/h5-6,9,11,17H,1-4,7-8,10,16H2. The van der Waals surface area contributed by atoms with Crippen LogP contribution in [0.15, 0.2) is 27.6 Å². The summed E-state index contributed by atoms with van der Waals surface area (Å²) in [6, 6.07) is 5.10. The second kappa shape index (κ2) is 7.02. The van der Waals surface area contributed by atoms with Gasteiger partial charge < -0.3 is 5.73 Å².